The average molecular weight is 253 g/mol. The van der Waals surface area contributed by atoms with Crippen molar-refractivity contribution in [1.82, 2.24) is 9.97 Å². The van der Waals surface area contributed by atoms with Crippen molar-refractivity contribution >= 4 is 23.5 Å². The van der Waals surface area contributed by atoms with Crippen molar-refractivity contribution in [3.63, 3.8) is 0 Å². The third-order valence-corrected chi connectivity index (χ3v) is 2.74. The molecule has 0 saturated heterocycles. The Morgan fingerprint density at radius 1 is 1.71 bits per heavy atom. The van der Waals surface area contributed by atoms with E-state index in [0.717, 1.165) is 12.2 Å². The highest BCUT2D eigenvalue weighted by atomic mass is 32.2. The van der Waals surface area contributed by atoms with Crippen LogP contribution >= 0.6 is 11.8 Å². The molecule has 5 nitrogen and oxygen atoms in total. The Morgan fingerprint density at radius 2 is 2.47 bits per heavy atom. The summed E-state index contributed by atoms with van der Waals surface area (Å²) in [5, 5.41) is 0.553. The molecule has 0 radical (unpaired) electrons. The van der Waals surface area contributed by atoms with Crippen molar-refractivity contribution in [1.29, 1.82) is 0 Å². The second kappa shape index (κ2) is 6.90. The highest BCUT2D eigenvalue weighted by Crippen LogP contribution is 2.17. The number of anilines is 1. The molecule has 92 valence electrons. The average Bonchev–Trinajstić information content (AvgIpc) is 2.29. The quantitative estimate of drug-likeness (QED) is 0.274. The van der Waals surface area contributed by atoms with Gasteiger partial charge in [-0.3, -0.25) is 0 Å². The molecule has 0 aromatic carbocycles. The zero-order valence-corrected chi connectivity index (χ0v) is 10.5. The topological polar surface area (TPSA) is 78.1 Å². The molecule has 0 fully saturated rings. The number of rotatable bonds is 6. The highest BCUT2D eigenvalue weighted by molar-refractivity contribution is 7.99. The number of hydrogen-bond acceptors (Lipinski definition) is 6. The van der Waals surface area contributed by atoms with Crippen molar-refractivity contribution in [2.75, 3.05) is 18.1 Å². The van der Waals surface area contributed by atoms with Gasteiger partial charge in [0.25, 0.3) is 0 Å². The lowest BCUT2D eigenvalue weighted by atomic mass is 10.3. The van der Waals surface area contributed by atoms with Gasteiger partial charge in [-0.25, -0.2) is 14.8 Å². The number of aromatic nitrogens is 2. The fourth-order valence-corrected chi connectivity index (χ4v) is 1.80. The molecule has 1 rings (SSSR count). The number of carbonyl (C=O) groups excluding carboxylic acids is 1. The van der Waals surface area contributed by atoms with Crippen LogP contribution in [0.4, 0.5) is 5.82 Å². The van der Waals surface area contributed by atoms with Gasteiger partial charge in [0.2, 0.25) is 0 Å². The molecular formula is C11H15N3O2S. The Bertz CT molecular complexity index is 410. The molecule has 1 aromatic heterocycles. The number of nitrogen functional groups attached to an aromatic ring is 1. The summed E-state index contributed by atoms with van der Waals surface area (Å²) in [4.78, 5) is 19.5. The van der Waals surface area contributed by atoms with Crippen LogP contribution in [0.25, 0.3) is 0 Å². The maximum Gasteiger partial charge on any atom is 0.343 e. The fraction of sp³-hybridized carbons (Fsp3) is 0.364. The first-order valence-corrected chi connectivity index (χ1v) is 6.21. The Labute approximate surface area is 104 Å². The number of nitrogens with two attached hydrogens (primary N) is 1. The minimum absolute atomic E-state index is 0.152. The first-order valence-electron chi connectivity index (χ1n) is 5.22. The SMILES string of the molecule is C=CCCSc1ncc(C(=O)OCC)c(N)n1. The van der Waals surface area contributed by atoms with Gasteiger partial charge in [0.05, 0.1) is 6.61 Å². The monoisotopic (exact) mass is 253 g/mol. The first-order chi connectivity index (χ1) is 8.19. The Kier molecular flexibility index (Phi) is 5.48. The number of hydrogen-bond donors (Lipinski definition) is 1. The van der Waals surface area contributed by atoms with Crippen LogP contribution < -0.4 is 5.73 Å². The van der Waals surface area contributed by atoms with Crippen LogP contribution in [0.5, 0.6) is 0 Å². The molecule has 1 heterocycles. The summed E-state index contributed by atoms with van der Waals surface area (Å²) < 4.78 is 4.83. The molecule has 0 aliphatic carbocycles. The molecule has 2 N–H and O–H groups in total. The normalized spacial score (nSPS) is 9.94. The van der Waals surface area contributed by atoms with Gasteiger partial charge in [0.1, 0.15) is 11.4 Å². The maximum atomic E-state index is 11.4. The van der Waals surface area contributed by atoms with E-state index in [1.54, 1.807) is 6.92 Å². The van der Waals surface area contributed by atoms with E-state index in [-0.39, 0.29) is 11.4 Å². The Morgan fingerprint density at radius 3 is 3.06 bits per heavy atom. The lowest BCUT2D eigenvalue weighted by molar-refractivity contribution is 0.0526. The highest BCUT2D eigenvalue weighted by Gasteiger charge is 2.13. The molecule has 0 aliphatic rings. The van der Waals surface area contributed by atoms with Crippen LogP contribution in [-0.2, 0) is 4.74 Å². The van der Waals surface area contributed by atoms with Gasteiger partial charge < -0.3 is 10.5 Å². The van der Waals surface area contributed by atoms with Crippen LogP contribution in [0, 0.1) is 0 Å². The van der Waals surface area contributed by atoms with E-state index in [0.29, 0.717) is 11.8 Å². The molecule has 6 heteroatoms. The zero-order valence-electron chi connectivity index (χ0n) is 9.68. The summed E-state index contributed by atoms with van der Waals surface area (Å²) in [7, 11) is 0. The molecule has 0 aliphatic heterocycles. The number of esters is 1. The van der Waals surface area contributed by atoms with E-state index in [9.17, 15) is 4.79 Å². The van der Waals surface area contributed by atoms with E-state index in [1.807, 2.05) is 6.08 Å². The summed E-state index contributed by atoms with van der Waals surface area (Å²) in [5.41, 5.74) is 5.88. The molecule has 0 bridgehead atoms. The van der Waals surface area contributed by atoms with Crippen molar-refractivity contribution in [3.05, 3.63) is 24.4 Å². The van der Waals surface area contributed by atoms with Gasteiger partial charge in [-0.1, -0.05) is 17.8 Å². The van der Waals surface area contributed by atoms with E-state index >= 15 is 0 Å². The lowest BCUT2D eigenvalue weighted by Crippen LogP contribution is -2.10. The van der Waals surface area contributed by atoms with Gasteiger partial charge in [-0.2, -0.15) is 0 Å². The third kappa shape index (κ3) is 4.07. The molecule has 1 aromatic rings. The summed E-state index contributed by atoms with van der Waals surface area (Å²) in [6.45, 7) is 5.66. The smallest absolute Gasteiger partial charge is 0.343 e. The molecule has 0 spiro atoms. The van der Waals surface area contributed by atoms with Gasteiger partial charge in [0, 0.05) is 11.9 Å². The number of ether oxygens (including phenoxy) is 1. The standard InChI is InChI=1S/C11H15N3O2S/c1-3-5-6-17-11-13-7-8(9(12)14-11)10(15)16-4-2/h3,7H,1,4-6H2,2H3,(H2,12,13,14). The number of allylic oxidation sites excluding steroid dienone is 1. The van der Waals surface area contributed by atoms with Crippen LogP contribution in [0.2, 0.25) is 0 Å². The maximum absolute atomic E-state index is 11.4. The third-order valence-electron chi connectivity index (χ3n) is 1.84. The summed E-state index contributed by atoms with van der Waals surface area (Å²) in [6.07, 6.45) is 4.09. The Balaban J connectivity index is 2.71. The molecule has 17 heavy (non-hydrogen) atoms. The minimum atomic E-state index is -0.493. The van der Waals surface area contributed by atoms with Crippen LogP contribution in [0.15, 0.2) is 24.0 Å². The number of carbonyl (C=O) groups is 1. The van der Waals surface area contributed by atoms with Crippen LogP contribution in [0.3, 0.4) is 0 Å². The van der Waals surface area contributed by atoms with E-state index in [2.05, 4.69) is 16.5 Å². The van der Waals surface area contributed by atoms with Gasteiger partial charge in [0.15, 0.2) is 5.16 Å². The van der Waals surface area contributed by atoms with Crippen molar-refractivity contribution < 1.29 is 9.53 Å². The molecule has 0 unspecified atom stereocenters. The lowest BCUT2D eigenvalue weighted by Gasteiger charge is -2.05. The van der Waals surface area contributed by atoms with E-state index in [4.69, 9.17) is 10.5 Å². The van der Waals surface area contributed by atoms with Crippen molar-refractivity contribution in [2.24, 2.45) is 0 Å². The second-order valence-corrected chi connectivity index (χ2v) is 4.16. The van der Waals surface area contributed by atoms with Crippen molar-refractivity contribution in [3.8, 4) is 0 Å². The summed E-state index contributed by atoms with van der Waals surface area (Å²) >= 11 is 1.47. The predicted molar refractivity (Wildman–Crippen MR) is 67.9 cm³/mol. The second-order valence-electron chi connectivity index (χ2n) is 3.10. The minimum Gasteiger partial charge on any atom is -0.462 e. The summed E-state index contributed by atoms with van der Waals surface area (Å²) in [6, 6.07) is 0. The van der Waals surface area contributed by atoms with Crippen LogP contribution in [0.1, 0.15) is 23.7 Å². The Hall–Kier alpha value is -1.56. The largest absolute Gasteiger partial charge is 0.462 e. The predicted octanol–water partition coefficient (Wildman–Crippen LogP) is 1.90. The first kappa shape index (κ1) is 13.5. The van der Waals surface area contributed by atoms with Gasteiger partial charge in [-0.15, -0.1) is 6.58 Å². The number of thioether (sulfide) groups is 1. The van der Waals surface area contributed by atoms with Gasteiger partial charge in [-0.05, 0) is 13.3 Å². The molecular weight excluding hydrogens is 238 g/mol. The fourth-order valence-electron chi connectivity index (χ4n) is 1.05. The molecule has 0 amide bonds. The number of nitrogens with zero attached hydrogens (tertiary/aromatic N) is 2. The van der Waals surface area contributed by atoms with E-state index < -0.39 is 5.97 Å². The molecule has 0 atom stereocenters. The van der Waals surface area contributed by atoms with E-state index in [1.165, 1.54) is 18.0 Å². The molecule has 0 saturated carbocycles. The van der Waals surface area contributed by atoms with Crippen molar-refractivity contribution in [2.45, 2.75) is 18.5 Å². The summed E-state index contributed by atoms with van der Waals surface area (Å²) in [5.74, 6) is 0.494. The van der Waals surface area contributed by atoms with Gasteiger partial charge >= 0.3 is 5.97 Å². The zero-order chi connectivity index (χ0) is 12.7. The van der Waals surface area contributed by atoms with Crippen LogP contribution in [-0.4, -0.2) is 28.3 Å².